The van der Waals surface area contributed by atoms with Crippen LogP contribution in [0.15, 0.2) is 42.5 Å². The van der Waals surface area contributed by atoms with Gasteiger partial charge < -0.3 is 15.7 Å². The van der Waals surface area contributed by atoms with Gasteiger partial charge in [0.25, 0.3) is 11.6 Å². The normalized spacial score (nSPS) is 28.0. The van der Waals surface area contributed by atoms with Crippen LogP contribution in [0.25, 0.3) is 0 Å². The first-order valence-electron chi connectivity index (χ1n) is 11.0. The lowest BCUT2D eigenvalue weighted by Gasteiger charge is -2.44. The highest BCUT2D eigenvalue weighted by molar-refractivity contribution is 6.11. The number of aliphatic hydroxyl groups is 1. The van der Waals surface area contributed by atoms with Crippen molar-refractivity contribution in [3.63, 3.8) is 0 Å². The van der Waals surface area contributed by atoms with E-state index in [9.17, 15) is 14.7 Å². The lowest BCUT2D eigenvalue weighted by molar-refractivity contribution is -0.141. The van der Waals surface area contributed by atoms with Gasteiger partial charge in [-0.3, -0.25) is 9.69 Å². The van der Waals surface area contributed by atoms with E-state index in [2.05, 4.69) is 24.5 Å². The Balaban J connectivity index is 1.79. The summed E-state index contributed by atoms with van der Waals surface area (Å²) in [5.41, 5.74) is 1.16. The van der Waals surface area contributed by atoms with Crippen LogP contribution in [0.2, 0.25) is 0 Å². The van der Waals surface area contributed by atoms with E-state index in [-0.39, 0.29) is 6.04 Å². The summed E-state index contributed by atoms with van der Waals surface area (Å²) < 4.78 is 0. The van der Waals surface area contributed by atoms with Crippen LogP contribution in [0.3, 0.4) is 0 Å². The van der Waals surface area contributed by atoms with Crippen LogP contribution in [0.1, 0.15) is 49.8 Å². The maximum absolute atomic E-state index is 13.7. The number of nitrogens with one attached hydrogen (secondary N) is 2. The zero-order chi connectivity index (χ0) is 22.3. The molecular weight excluding hydrogens is 390 g/mol. The highest BCUT2D eigenvalue weighted by Crippen LogP contribution is 2.41. The molecule has 0 saturated heterocycles. The molecule has 3 N–H and O–H groups in total. The molecule has 6 nitrogen and oxygen atoms in total. The van der Waals surface area contributed by atoms with Crippen molar-refractivity contribution in [2.24, 2.45) is 11.8 Å². The highest BCUT2D eigenvalue weighted by atomic mass is 16.3. The molecule has 0 spiro atoms. The summed E-state index contributed by atoms with van der Waals surface area (Å²) >= 11 is 0. The van der Waals surface area contributed by atoms with E-state index in [1.165, 1.54) is 4.90 Å². The number of hydrogen-bond acceptors (Lipinski definition) is 3. The zero-order valence-electron chi connectivity index (χ0n) is 18.6. The standard InChI is InChI=1S/C25H31N3O3/c1-15-12-13-19(14-17(15)3)28-24(30)27-22-10-6-5-9-20(22)25(28,31)23(29)26-21-11-7-8-16(2)18(21)4/h5-6,9-10,12-14,16,18,21,31H,7-8,11H2,1-4H3,(H,26,29)(H,27,30)/t16-,18-,21+,25+/m0/s1. The van der Waals surface area contributed by atoms with E-state index in [0.29, 0.717) is 28.8 Å². The SMILES string of the molecule is Cc1ccc(N2C(=O)Nc3ccccc3[C@@]2(O)C(=O)N[C@@H]2CCC[C@H](C)[C@@H]2C)cc1C. The Bertz CT molecular complexity index is 1020. The first-order valence-corrected chi connectivity index (χ1v) is 11.0. The third kappa shape index (κ3) is 3.59. The van der Waals surface area contributed by atoms with E-state index >= 15 is 0 Å². The Hall–Kier alpha value is -2.86. The maximum Gasteiger partial charge on any atom is 0.329 e. The van der Waals surface area contributed by atoms with Crippen molar-refractivity contribution in [1.82, 2.24) is 5.32 Å². The average molecular weight is 422 g/mol. The maximum atomic E-state index is 13.7. The minimum atomic E-state index is -2.15. The highest BCUT2D eigenvalue weighted by Gasteiger charge is 2.52. The Morgan fingerprint density at radius 1 is 1.13 bits per heavy atom. The van der Waals surface area contributed by atoms with E-state index in [0.717, 1.165) is 30.4 Å². The number of aryl methyl sites for hydroxylation is 2. The molecule has 1 aliphatic carbocycles. The summed E-state index contributed by atoms with van der Waals surface area (Å²) in [7, 11) is 0. The first-order chi connectivity index (χ1) is 14.7. The minimum Gasteiger partial charge on any atom is -0.359 e. The van der Waals surface area contributed by atoms with Crippen LogP contribution in [0, 0.1) is 25.7 Å². The molecule has 164 valence electrons. The third-order valence-electron chi connectivity index (χ3n) is 7.16. The van der Waals surface area contributed by atoms with Gasteiger partial charge in [-0.1, -0.05) is 51.0 Å². The van der Waals surface area contributed by atoms with Gasteiger partial charge in [0.15, 0.2) is 0 Å². The fraction of sp³-hybridized carbons (Fsp3) is 0.440. The van der Waals surface area contributed by atoms with Crippen molar-refractivity contribution >= 4 is 23.3 Å². The Kier molecular flexibility index (Phi) is 5.52. The number of fused-ring (bicyclic) bond motifs is 1. The third-order valence-corrected chi connectivity index (χ3v) is 7.16. The predicted octanol–water partition coefficient (Wildman–Crippen LogP) is 4.44. The second-order valence-electron chi connectivity index (χ2n) is 9.10. The van der Waals surface area contributed by atoms with Gasteiger partial charge in [-0.15, -0.1) is 0 Å². The predicted molar refractivity (Wildman–Crippen MR) is 122 cm³/mol. The number of rotatable bonds is 3. The van der Waals surface area contributed by atoms with E-state index in [1.54, 1.807) is 30.3 Å². The summed E-state index contributed by atoms with van der Waals surface area (Å²) in [6.45, 7) is 8.26. The molecular formula is C25H31N3O3. The second kappa shape index (κ2) is 8.00. The van der Waals surface area contributed by atoms with E-state index < -0.39 is 17.7 Å². The first kappa shape index (κ1) is 21.4. The van der Waals surface area contributed by atoms with Crippen LogP contribution >= 0.6 is 0 Å². The number of amides is 3. The molecule has 1 heterocycles. The smallest absolute Gasteiger partial charge is 0.329 e. The molecule has 3 amide bonds. The molecule has 31 heavy (non-hydrogen) atoms. The molecule has 4 rings (SSSR count). The largest absolute Gasteiger partial charge is 0.359 e. The minimum absolute atomic E-state index is 0.0426. The van der Waals surface area contributed by atoms with Crippen LogP contribution in [0.4, 0.5) is 16.2 Å². The topological polar surface area (TPSA) is 81.7 Å². The quantitative estimate of drug-likeness (QED) is 0.685. The van der Waals surface area contributed by atoms with Crippen molar-refractivity contribution in [3.05, 3.63) is 59.2 Å². The number of carbonyl (C=O) groups is 2. The lowest BCUT2D eigenvalue weighted by Crippen LogP contribution is -2.64. The monoisotopic (exact) mass is 421 g/mol. The van der Waals surface area contributed by atoms with Gasteiger partial charge >= 0.3 is 6.03 Å². The molecule has 2 aromatic rings. The number of benzene rings is 2. The number of urea groups is 1. The Morgan fingerprint density at radius 3 is 2.61 bits per heavy atom. The molecule has 1 saturated carbocycles. The Labute approximate surface area is 183 Å². The molecule has 0 aromatic heterocycles. The number of hydrogen-bond donors (Lipinski definition) is 3. The van der Waals surface area contributed by atoms with Gasteiger partial charge in [0.1, 0.15) is 0 Å². The fourth-order valence-corrected chi connectivity index (χ4v) is 4.78. The van der Waals surface area contributed by atoms with Gasteiger partial charge in [-0.25, -0.2) is 4.79 Å². The average Bonchev–Trinajstić information content (AvgIpc) is 2.74. The Morgan fingerprint density at radius 2 is 1.87 bits per heavy atom. The molecule has 0 bridgehead atoms. The van der Waals surface area contributed by atoms with Crippen molar-refractivity contribution in [2.75, 3.05) is 10.2 Å². The summed E-state index contributed by atoms with van der Waals surface area (Å²) in [4.78, 5) is 28.0. The van der Waals surface area contributed by atoms with E-state index in [1.807, 2.05) is 26.0 Å². The van der Waals surface area contributed by atoms with E-state index in [4.69, 9.17) is 0 Å². The fourth-order valence-electron chi connectivity index (χ4n) is 4.78. The van der Waals surface area contributed by atoms with Gasteiger partial charge in [-0.05, 0) is 61.4 Å². The summed E-state index contributed by atoms with van der Waals surface area (Å²) in [6, 6.07) is 11.8. The van der Waals surface area contributed by atoms with Crippen LogP contribution < -0.4 is 15.5 Å². The lowest BCUT2D eigenvalue weighted by atomic mass is 9.78. The zero-order valence-corrected chi connectivity index (χ0v) is 18.6. The molecule has 2 aromatic carbocycles. The molecule has 2 aliphatic rings. The van der Waals surface area contributed by atoms with Gasteiger partial charge in [0, 0.05) is 17.3 Å². The molecule has 1 fully saturated rings. The summed E-state index contributed by atoms with van der Waals surface area (Å²) in [5, 5.41) is 17.9. The molecule has 4 atom stereocenters. The molecule has 6 heteroatoms. The van der Waals surface area contributed by atoms with Gasteiger partial charge in [-0.2, -0.15) is 0 Å². The van der Waals surface area contributed by atoms with Crippen molar-refractivity contribution in [3.8, 4) is 0 Å². The van der Waals surface area contributed by atoms with Gasteiger partial charge in [0.05, 0.1) is 5.69 Å². The molecule has 1 aliphatic heterocycles. The van der Waals surface area contributed by atoms with Crippen LogP contribution in [-0.2, 0) is 10.5 Å². The molecule has 0 unspecified atom stereocenters. The number of carbonyl (C=O) groups excluding carboxylic acids is 2. The van der Waals surface area contributed by atoms with Crippen LogP contribution in [-0.4, -0.2) is 23.1 Å². The van der Waals surface area contributed by atoms with Crippen LogP contribution in [0.5, 0.6) is 0 Å². The number of nitrogens with zero attached hydrogens (tertiary/aromatic N) is 1. The number of anilines is 2. The second-order valence-corrected chi connectivity index (χ2v) is 9.10. The van der Waals surface area contributed by atoms with Gasteiger partial charge in [0.2, 0.25) is 0 Å². The van der Waals surface area contributed by atoms with Crippen molar-refractivity contribution < 1.29 is 14.7 Å². The van der Waals surface area contributed by atoms with Crippen molar-refractivity contribution in [1.29, 1.82) is 0 Å². The van der Waals surface area contributed by atoms with Crippen molar-refractivity contribution in [2.45, 2.75) is 58.7 Å². The molecule has 0 radical (unpaired) electrons. The summed E-state index contributed by atoms with van der Waals surface area (Å²) in [5.74, 6) is 0.217. The summed E-state index contributed by atoms with van der Waals surface area (Å²) in [6.07, 6.45) is 3.04. The number of para-hydroxylation sites is 1.